The molecule has 0 unspecified atom stereocenters. The highest BCUT2D eigenvalue weighted by Crippen LogP contribution is 2.44. The number of Topliss-reactive ketones (excluding diaryl/α,β-unsaturated/α-hetero) is 1. The molecule has 0 aliphatic heterocycles. The first-order valence-electron chi connectivity index (χ1n) is 6.84. The van der Waals surface area contributed by atoms with Crippen LogP contribution in [0.5, 0.6) is 0 Å². The molecular weight excluding hydrogens is 268 g/mol. The fraction of sp³-hybridized carbons (Fsp3) is 0.278. The second-order valence-electron chi connectivity index (χ2n) is 5.32. The van der Waals surface area contributed by atoms with E-state index in [1.165, 1.54) is 0 Å². The van der Waals surface area contributed by atoms with Gasteiger partial charge in [-0.3, -0.25) is 4.79 Å². The van der Waals surface area contributed by atoms with Gasteiger partial charge in [-0.25, -0.2) is 0 Å². The lowest BCUT2D eigenvalue weighted by atomic mass is 9.78. The van der Waals surface area contributed by atoms with Crippen LogP contribution in [0.25, 0.3) is 6.08 Å². The molecular formula is C18H19ClO. The van der Waals surface area contributed by atoms with Crippen LogP contribution in [-0.4, -0.2) is 5.78 Å². The van der Waals surface area contributed by atoms with E-state index in [9.17, 15) is 4.79 Å². The smallest absolute Gasteiger partial charge is 0.165 e. The average molecular weight is 287 g/mol. The summed E-state index contributed by atoms with van der Waals surface area (Å²) in [5, 5.41) is 0.706. The Kier molecular flexibility index (Phi) is 4.61. The fourth-order valence-corrected chi connectivity index (χ4v) is 2.99. The third kappa shape index (κ3) is 2.94. The van der Waals surface area contributed by atoms with Crippen LogP contribution in [0.3, 0.4) is 0 Å². The molecule has 1 aromatic rings. The molecule has 0 N–H and O–H groups in total. The van der Waals surface area contributed by atoms with Crippen LogP contribution in [0, 0.1) is 5.41 Å². The van der Waals surface area contributed by atoms with Crippen LogP contribution >= 0.6 is 11.6 Å². The van der Waals surface area contributed by atoms with E-state index in [0.29, 0.717) is 5.02 Å². The molecule has 0 bridgehead atoms. The molecule has 1 aromatic carbocycles. The zero-order valence-corrected chi connectivity index (χ0v) is 12.3. The Hall–Kier alpha value is -1.60. The van der Waals surface area contributed by atoms with Crippen molar-refractivity contribution < 1.29 is 4.79 Å². The Labute approximate surface area is 125 Å². The van der Waals surface area contributed by atoms with Crippen molar-refractivity contribution in [2.45, 2.75) is 25.7 Å². The van der Waals surface area contributed by atoms with Crippen LogP contribution in [0.4, 0.5) is 0 Å². The highest BCUT2D eigenvalue weighted by Gasteiger charge is 2.42. The van der Waals surface area contributed by atoms with E-state index in [0.717, 1.165) is 36.8 Å². The number of ketones is 1. The normalized spacial score (nSPS) is 19.2. The van der Waals surface area contributed by atoms with Gasteiger partial charge in [-0.2, -0.15) is 0 Å². The van der Waals surface area contributed by atoms with E-state index in [1.54, 1.807) is 0 Å². The summed E-state index contributed by atoms with van der Waals surface area (Å²) in [6.07, 6.45) is 8.80. The topological polar surface area (TPSA) is 17.1 Å². The second kappa shape index (κ2) is 6.23. The summed E-state index contributed by atoms with van der Waals surface area (Å²) in [4.78, 5) is 12.7. The van der Waals surface area contributed by atoms with Crippen molar-refractivity contribution in [3.63, 3.8) is 0 Å². The molecule has 20 heavy (non-hydrogen) atoms. The molecule has 0 atom stereocenters. The predicted molar refractivity (Wildman–Crippen MR) is 85.7 cm³/mol. The second-order valence-corrected chi connectivity index (χ2v) is 5.75. The zero-order chi connectivity index (χ0) is 14.6. The number of carbonyl (C=O) groups excluding carboxylic acids is 1. The van der Waals surface area contributed by atoms with Crippen LogP contribution < -0.4 is 0 Å². The monoisotopic (exact) mass is 286 g/mol. The zero-order valence-electron chi connectivity index (χ0n) is 11.6. The summed E-state index contributed by atoms with van der Waals surface area (Å²) >= 11 is 5.87. The van der Waals surface area contributed by atoms with Crippen molar-refractivity contribution in [2.24, 2.45) is 5.41 Å². The molecule has 0 aromatic heterocycles. The first-order valence-corrected chi connectivity index (χ1v) is 7.22. The lowest BCUT2D eigenvalue weighted by molar-refractivity contribution is -0.122. The minimum atomic E-state index is -0.318. The van der Waals surface area contributed by atoms with Crippen LogP contribution in [-0.2, 0) is 4.79 Å². The van der Waals surface area contributed by atoms with Crippen molar-refractivity contribution in [1.82, 2.24) is 0 Å². The van der Waals surface area contributed by atoms with Gasteiger partial charge in [-0.1, -0.05) is 35.9 Å². The van der Waals surface area contributed by atoms with Crippen LogP contribution in [0.2, 0.25) is 5.02 Å². The lowest BCUT2D eigenvalue weighted by Crippen LogP contribution is -2.24. The minimum Gasteiger partial charge on any atom is -0.294 e. The third-order valence-electron chi connectivity index (χ3n) is 3.93. The summed E-state index contributed by atoms with van der Waals surface area (Å²) in [5.74, 6) is 0.243. The lowest BCUT2D eigenvalue weighted by Gasteiger charge is -2.23. The van der Waals surface area contributed by atoms with Crippen molar-refractivity contribution in [2.75, 3.05) is 0 Å². The predicted octanol–water partition coefficient (Wildman–Crippen LogP) is 5.22. The largest absolute Gasteiger partial charge is 0.294 e. The molecule has 104 valence electrons. The van der Waals surface area contributed by atoms with Gasteiger partial charge in [0.15, 0.2) is 5.78 Å². The Morgan fingerprint density at radius 2 is 1.75 bits per heavy atom. The standard InChI is InChI=1S/C18H19ClO/c1-3-10-18(11-4-2)12-9-15(17(18)20)13-14-5-7-16(19)8-6-14/h3-8,13H,1-2,9-12H2. The number of hydrogen-bond acceptors (Lipinski definition) is 1. The Bertz CT molecular complexity index is 541. The maximum atomic E-state index is 12.7. The molecule has 0 amide bonds. The Balaban J connectivity index is 2.27. The first-order chi connectivity index (χ1) is 9.61. The fourth-order valence-electron chi connectivity index (χ4n) is 2.86. The van der Waals surface area contributed by atoms with Gasteiger partial charge in [0, 0.05) is 10.4 Å². The SMILES string of the molecule is C=CCC1(CC=C)CCC(=Cc2ccc(Cl)cc2)C1=O. The molecule has 1 aliphatic carbocycles. The van der Waals surface area contributed by atoms with Crippen molar-refractivity contribution in [3.05, 3.63) is 65.7 Å². The molecule has 2 heteroatoms. The molecule has 0 saturated heterocycles. The maximum Gasteiger partial charge on any atom is 0.165 e. The quantitative estimate of drug-likeness (QED) is 0.535. The van der Waals surface area contributed by atoms with Gasteiger partial charge in [0.25, 0.3) is 0 Å². The van der Waals surface area contributed by atoms with Gasteiger partial charge in [-0.15, -0.1) is 13.2 Å². The van der Waals surface area contributed by atoms with E-state index in [1.807, 2.05) is 42.5 Å². The third-order valence-corrected chi connectivity index (χ3v) is 4.18. The molecule has 0 heterocycles. The molecule has 0 spiro atoms. The molecule has 0 radical (unpaired) electrons. The molecule has 1 fully saturated rings. The van der Waals surface area contributed by atoms with Gasteiger partial charge in [0.05, 0.1) is 0 Å². The summed E-state index contributed by atoms with van der Waals surface area (Å²) < 4.78 is 0. The molecule has 1 saturated carbocycles. The van der Waals surface area contributed by atoms with Crippen molar-refractivity contribution in [1.29, 1.82) is 0 Å². The van der Waals surface area contributed by atoms with Crippen LogP contribution in [0.1, 0.15) is 31.2 Å². The van der Waals surface area contributed by atoms with Gasteiger partial charge in [0.2, 0.25) is 0 Å². The Morgan fingerprint density at radius 1 is 1.15 bits per heavy atom. The first kappa shape index (κ1) is 14.8. The van der Waals surface area contributed by atoms with Gasteiger partial charge in [-0.05, 0) is 55.0 Å². The number of benzene rings is 1. The van der Waals surface area contributed by atoms with E-state index in [2.05, 4.69) is 13.2 Å². The van der Waals surface area contributed by atoms with Crippen molar-refractivity contribution in [3.8, 4) is 0 Å². The number of carbonyl (C=O) groups is 1. The average Bonchev–Trinajstić information content (AvgIpc) is 2.72. The summed E-state index contributed by atoms with van der Waals surface area (Å²) in [5.41, 5.74) is 1.60. The van der Waals surface area contributed by atoms with Gasteiger partial charge < -0.3 is 0 Å². The van der Waals surface area contributed by atoms with E-state index < -0.39 is 0 Å². The molecule has 1 nitrogen and oxygen atoms in total. The van der Waals surface area contributed by atoms with Crippen LogP contribution in [0.15, 0.2) is 55.1 Å². The highest BCUT2D eigenvalue weighted by molar-refractivity contribution is 6.30. The maximum absolute atomic E-state index is 12.7. The summed E-state index contributed by atoms with van der Waals surface area (Å²) in [7, 11) is 0. The van der Waals surface area contributed by atoms with E-state index >= 15 is 0 Å². The van der Waals surface area contributed by atoms with Gasteiger partial charge in [0.1, 0.15) is 0 Å². The molecule has 1 aliphatic rings. The number of halogens is 1. The minimum absolute atomic E-state index is 0.243. The Morgan fingerprint density at radius 3 is 2.30 bits per heavy atom. The van der Waals surface area contributed by atoms with Crippen molar-refractivity contribution >= 4 is 23.5 Å². The van der Waals surface area contributed by atoms with E-state index in [4.69, 9.17) is 11.6 Å². The summed E-state index contributed by atoms with van der Waals surface area (Å²) in [6, 6.07) is 7.55. The highest BCUT2D eigenvalue weighted by atomic mass is 35.5. The number of rotatable bonds is 5. The summed E-state index contributed by atoms with van der Waals surface area (Å²) in [6.45, 7) is 7.57. The molecule has 2 rings (SSSR count). The van der Waals surface area contributed by atoms with E-state index in [-0.39, 0.29) is 11.2 Å². The number of hydrogen-bond donors (Lipinski definition) is 0. The number of allylic oxidation sites excluding steroid dienone is 3. The van der Waals surface area contributed by atoms with Gasteiger partial charge >= 0.3 is 0 Å².